The molecule has 2 aliphatic heterocycles. The maximum atomic E-state index is 13.4. The lowest BCUT2D eigenvalue weighted by Crippen LogP contribution is -2.43. The van der Waals surface area contributed by atoms with Crippen molar-refractivity contribution < 1.29 is 46.6 Å². The normalized spacial score (nSPS) is 18.9. The molecule has 0 aliphatic carbocycles. The molecule has 0 bridgehead atoms. The van der Waals surface area contributed by atoms with E-state index in [-0.39, 0.29) is 25.3 Å². The number of anilines is 2. The van der Waals surface area contributed by atoms with Crippen LogP contribution in [0.15, 0.2) is 42.7 Å². The Labute approximate surface area is 232 Å². The molecule has 0 spiro atoms. The molecule has 2 aromatic rings. The standard InChI is InChI=1S/C26H28F3N5O7/c1-25(2)22(36)34(23(37)33(25)13-16-6-9-30-10-7-16)17-4-5-20(41-26(27,28)29)19(12-17)31-21(35)15-32-11-8-18(14-32)40-24(38)39-3/h4-7,9-10,12,18H,8,11,13-15H2,1-3H3,(H,31,35). The van der Waals surface area contributed by atoms with Crippen molar-refractivity contribution in [3.63, 3.8) is 0 Å². The molecule has 12 nitrogen and oxygen atoms in total. The van der Waals surface area contributed by atoms with E-state index in [0.717, 1.165) is 28.7 Å². The van der Waals surface area contributed by atoms with Crippen LogP contribution in [0.5, 0.6) is 5.75 Å². The number of benzene rings is 1. The quantitative estimate of drug-likeness (QED) is 0.369. The van der Waals surface area contributed by atoms with Crippen LogP contribution in [-0.4, -0.2) is 83.5 Å². The highest BCUT2D eigenvalue weighted by Gasteiger charge is 2.52. The molecule has 1 aromatic heterocycles. The number of hydrogen-bond donors (Lipinski definition) is 1. The highest BCUT2D eigenvalue weighted by atomic mass is 19.4. The number of imide groups is 1. The minimum Gasteiger partial charge on any atom is -0.438 e. The van der Waals surface area contributed by atoms with Crippen LogP contribution in [0.3, 0.4) is 0 Å². The second-order valence-electron chi connectivity index (χ2n) is 9.92. The Morgan fingerprint density at radius 1 is 1.15 bits per heavy atom. The van der Waals surface area contributed by atoms with E-state index in [9.17, 15) is 32.3 Å². The SMILES string of the molecule is COC(=O)OC1CCN(CC(=O)Nc2cc(N3C(=O)N(Cc4ccncc4)C(C)(C)C3=O)ccc2OC(F)(F)F)C1. The van der Waals surface area contributed by atoms with Crippen LogP contribution < -0.4 is 15.0 Å². The molecule has 2 aliphatic rings. The monoisotopic (exact) mass is 579 g/mol. The summed E-state index contributed by atoms with van der Waals surface area (Å²) in [6.07, 6.45) is -2.91. The van der Waals surface area contributed by atoms with Gasteiger partial charge in [-0.25, -0.2) is 14.5 Å². The molecule has 0 saturated carbocycles. The van der Waals surface area contributed by atoms with Gasteiger partial charge in [-0.3, -0.25) is 19.5 Å². The van der Waals surface area contributed by atoms with Crippen LogP contribution in [0, 0.1) is 0 Å². The molecule has 4 rings (SSSR count). The number of methoxy groups -OCH3 is 1. The van der Waals surface area contributed by atoms with Gasteiger partial charge in [0.2, 0.25) is 5.91 Å². The highest BCUT2D eigenvalue weighted by molar-refractivity contribution is 6.23. The van der Waals surface area contributed by atoms with E-state index in [1.165, 1.54) is 12.0 Å². The van der Waals surface area contributed by atoms with Crippen LogP contribution >= 0.6 is 0 Å². The fourth-order valence-electron chi connectivity index (χ4n) is 4.58. The lowest BCUT2D eigenvalue weighted by Gasteiger charge is -2.27. The van der Waals surface area contributed by atoms with Gasteiger partial charge in [-0.1, -0.05) is 0 Å². The number of hydrogen-bond acceptors (Lipinski definition) is 9. The van der Waals surface area contributed by atoms with Crippen LogP contribution in [-0.2, 0) is 25.6 Å². The zero-order valence-corrected chi connectivity index (χ0v) is 22.4. The number of amides is 4. The number of carbonyl (C=O) groups is 4. The Hall–Kier alpha value is -4.40. The van der Waals surface area contributed by atoms with Crippen molar-refractivity contribution in [3.8, 4) is 5.75 Å². The van der Waals surface area contributed by atoms with Gasteiger partial charge in [0.1, 0.15) is 11.6 Å². The number of alkyl halides is 3. The van der Waals surface area contributed by atoms with Crippen molar-refractivity contribution in [3.05, 3.63) is 48.3 Å². The maximum absolute atomic E-state index is 13.4. The topological polar surface area (TPSA) is 131 Å². The molecule has 4 amide bonds. The summed E-state index contributed by atoms with van der Waals surface area (Å²) in [4.78, 5) is 58.7. The molecule has 1 unspecified atom stereocenters. The molecule has 1 N–H and O–H groups in total. The summed E-state index contributed by atoms with van der Waals surface area (Å²) >= 11 is 0. The van der Waals surface area contributed by atoms with Crippen molar-refractivity contribution in [2.24, 2.45) is 0 Å². The number of halogens is 3. The predicted octanol–water partition coefficient (Wildman–Crippen LogP) is 3.52. The molecule has 2 saturated heterocycles. The number of ether oxygens (including phenoxy) is 3. The summed E-state index contributed by atoms with van der Waals surface area (Å²) in [6.45, 7) is 3.59. The van der Waals surface area contributed by atoms with E-state index in [1.807, 2.05) is 0 Å². The largest absolute Gasteiger partial charge is 0.573 e. The predicted molar refractivity (Wildman–Crippen MR) is 137 cm³/mol. The van der Waals surface area contributed by atoms with Gasteiger partial charge in [-0.2, -0.15) is 0 Å². The van der Waals surface area contributed by atoms with Crippen LogP contribution in [0.4, 0.5) is 34.1 Å². The first-order valence-electron chi connectivity index (χ1n) is 12.5. The van der Waals surface area contributed by atoms with Crippen molar-refractivity contribution in [1.82, 2.24) is 14.8 Å². The van der Waals surface area contributed by atoms with E-state index >= 15 is 0 Å². The third kappa shape index (κ3) is 6.85. The number of likely N-dealkylation sites (tertiary alicyclic amines) is 1. The summed E-state index contributed by atoms with van der Waals surface area (Å²) in [5.41, 5.74) is -0.997. The summed E-state index contributed by atoms with van der Waals surface area (Å²) in [6, 6.07) is 5.83. The average Bonchev–Trinajstić information content (AvgIpc) is 3.40. The van der Waals surface area contributed by atoms with Crippen LogP contribution in [0.25, 0.3) is 0 Å². The number of pyridine rings is 1. The van der Waals surface area contributed by atoms with Crippen LogP contribution in [0.2, 0.25) is 0 Å². The molecule has 41 heavy (non-hydrogen) atoms. The third-order valence-electron chi connectivity index (χ3n) is 6.66. The molecule has 1 aromatic carbocycles. The van der Waals surface area contributed by atoms with Gasteiger partial charge < -0.3 is 24.4 Å². The molecule has 15 heteroatoms. The van der Waals surface area contributed by atoms with E-state index in [4.69, 9.17) is 4.74 Å². The zero-order valence-electron chi connectivity index (χ0n) is 22.4. The van der Waals surface area contributed by atoms with Crippen molar-refractivity contribution in [2.75, 3.05) is 37.0 Å². The first-order valence-corrected chi connectivity index (χ1v) is 12.5. The minimum absolute atomic E-state index is 0.0529. The first kappa shape index (κ1) is 29.6. The fraction of sp³-hybridized carbons (Fsp3) is 0.423. The Bertz CT molecular complexity index is 1320. The maximum Gasteiger partial charge on any atom is 0.573 e. The molecule has 2 fully saturated rings. The Morgan fingerprint density at radius 2 is 1.85 bits per heavy atom. The van der Waals surface area contributed by atoms with Gasteiger partial charge in [0, 0.05) is 32.0 Å². The van der Waals surface area contributed by atoms with Crippen LogP contribution in [0.1, 0.15) is 25.8 Å². The average molecular weight is 580 g/mol. The second kappa shape index (κ2) is 11.6. The smallest absolute Gasteiger partial charge is 0.438 e. The first-order chi connectivity index (χ1) is 19.3. The van der Waals surface area contributed by atoms with Gasteiger partial charge in [0.15, 0.2) is 5.75 Å². The lowest BCUT2D eigenvalue weighted by atomic mass is 10.0. The molecule has 1 atom stereocenters. The van der Waals surface area contributed by atoms with Gasteiger partial charge >= 0.3 is 18.5 Å². The summed E-state index contributed by atoms with van der Waals surface area (Å²) < 4.78 is 53.0. The zero-order chi connectivity index (χ0) is 29.9. The number of aromatic nitrogens is 1. The Balaban J connectivity index is 1.55. The Kier molecular flexibility index (Phi) is 8.37. The number of nitrogens with one attached hydrogen (secondary N) is 1. The van der Waals surface area contributed by atoms with Gasteiger partial charge in [-0.05, 0) is 56.2 Å². The van der Waals surface area contributed by atoms with Gasteiger partial charge in [0.25, 0.3) is 5.91 Å². The Morgan fingerprint density at radius 3 is 2.51 bits per heavy atom. The van der Waals surface area contributed by atoms with Crippen molar-refractivity contribution in [2.45, 2.75) is 44.8 Å². The summed E-state index contributed by atoms with van der Waals surface area (Å²) in [7, 11) is 1.17. The highest BCUT2D eigenvalue weighted by Crippen LogP contribution is 2.38. The lowest BCUT2D eigenvalue weighted by molar-refractivity contribution is -0.274. The minimum atomic E-state index is -5.07. The molecule has 0 radical (unpaired) electrons. The van der Waals surface area contributed by atoms with Crippen molar-refractivity contribution in [1.29, 1.82) is 0 Å². The van der Waals surface area contributed by atoms with E-state index in [0.29, 0.717) is 13.0 Å². The molecule has 3 heterocycles. The number of nitrogens with zero attached hydrogens (tertiary/aromatic N) is 4. The van der Waals surface area contributed by atoms with Gasteiger partial charge in [-0.15, -0.1) is 13.2 Å². The van der Waals surface area contributed by atoms with E-state index in [1.54, 1.807) is 43.3 Å². The number of carbonyl (C=O) groups excluding carboxylic acids is 4. The molecule has 220 valence electrons. The summed E-state index contributed by atoms with van der Waals surface area (Å²) in [5, 5.41) is 2.38. The van der Waals surface area contributed by atoms with Gasteiger partial charge in [0.05, 0.1) is 25.0 Å². The fourth-order valence-corrected chi connectivity index (χ4v) is 4.58. The third-order valence-corrected chi connectivity index (χ3v) is 6.66. The number of rotatable bonds is 8. The number of urea groups is 1. The van der Waals surface area contributed by atoms with E-state index in [2.05, 4.69) is 19.8 Å². The second-order valence-corrected chi connectivity index (χ2v) is 9.92. The molecular weight excluding hydrogens is 551 g/mol. The molecular formula is C26H28F3N5O7. The van der Waals surface area contributed by atoms with Crippen molar-refractivity contribution >= 4 is 35.4 Å². The van der Waals surface area contributed by atoms with E-state index < -0.39 is 53.4 Å². The summed E-state index contributed by atoms with van der Waals surface area (Å²) in [5.74, 6) is -2.02.